The normalized spacial score (nSPS) is 12.7. The fourth-order valence-corrected chi connectivity index (χ4v) is 1.25. The number of rotatable bonds is 2. The average molecular weight is 192 g/mol. The van der Waals surface area contributed by atoms with Crippen LogP contribution in [0.4, 0.5) is 4.39 Å². The summed E-state index contributed by atoms with van der Waals surface area (Å²) in [6, 6.07) is 5.78. The molecule has 1 aromatic heterocycles. The lowest BCUT2D eigenvalue weighted by atomic mass is 10.1. The molecular formula is C9H9FN4. The average Bonchev–Trinajstić information content (AvgIpc) is 2.70. The molecule has 0 saturated heterocycles. The van der Waals surface area contributed by atoms with Gasteiger partial charge in [0.15, 0.2) is 0 Å². The van der Waals surface area contributed by atoms with Gasteiger partial charge in [-0.2, -0.15) is 15.4 Å². The minimum absolute atomic E-state index is 0.331. The molecule has 0 aliphatic carbocycles. The third-order valence-corrected chi connectivity index (χ3v) is 1.99. The Morgan fingerprint density at radius 1 is 1.36 bits per heavy atom. The minimum atomic E-state index is -0.574. The number of aromatic nitrogens is 3. The van der Waals surface area contributed by atoms with E-state index in [4.69, 9.17) is 5.73 Å². The van der Waals surface area contributed by atoms with Crippen LogP contribution in [0.25, 0.3) is 0 Å². The van der Waals surface area contributed by atoms with Crippen LogP contribution in [0.5, 0.6) is 0 Å². The summed E-state index contributed by atoms with van der Waals surface area (Å²) in [5.74, 6) is -0.331. The van der Waals surface area contributed by atoms with Crippen molar-refractivity contribution < 1.29 is 4.39 Å². The number of nitrogens with one attached hydrogen (secondary N) is 1. The van der Waals surface area contributed by atoms with Gasteiger partial charge in [0.25, 0.3) is 0 Å². The van der Waals surface area contributed by atoms with Crippen molar-refractivity contribution in [1.82, 2.24) is 15.4 Å². The minimum Gasteiger partial charge on any atom is -0.319 e. The van der Waals surface area contributed by atoms with Gasteiger partial charge in [-0.1, -0.05) is 18.2 Å². The third-order valence-electron chi connectivity index (χ3n) is 1.99. The first-order valence-corrected chi connectivity index (χ1v) is 4.14. The molecule has 1 atom stereocenters. The van der Waals surface area contributed by atoms with Gasteiger partial charge in [0.1, 0.15) is 11.5 Å². The molecule has 1 aromatic carbocycles. The zero-order chi connectivity index (χ0) is 9.97. The predicted octanol–water partition coefficient (Wildman–Crippen LogP) is 0.992. The molecule has 1 unspecified atom stereocenters. The Hall–Kier alpha value is -1.75. The van der Waals surface area contributed by atoms with Crippen LogP contribution in [-0.4, -0.2) is 15.4 Å². The summed E-state index contributed by atoms with van der Waals surface area (Å²) in [6.07, 6.45) is 1.48. The first-order chi connectivity index (χ1) is 6.79. The van der Waals surface area contributed by atoms with Crippen LogP contribution in [-0.2, 0) is 0 Å². The van der Waals surface area contributed by atoms with Crippen molar-refractivity contribution in [2.75, 3.05) is 0 Å². The van der Waals surface area contributed by atoms with Crippen LogP contribution >= 0.6 is 0 Å². The molecule has 4 nitrogen and oxygen atoms in total. The number of hydrogen-bond donors (Lipinski definition) is 2. The van der Waals surface area contributed by atoms with Crippen LogP contribution in [0.3, 0.4) is 0 Å². The quantitative estimate of drug-likeness (QED) is 0.745. The van der Waals surface area contributed by atoms with Gasteiger partial charge in [0.2, 0.25) is 0 Å². The van der Waals surface area contributed by atoms with E-state index in [-0.39, 0.29) is 5.82 Å². The van der Waals surface area contributed by atoms with E-state index >= 15 is 0 Å². The molecule has 0 aliphatic rings. The van der Waals surface area contributed by atoms with Crippen LogP contribution in [0.1, 0.15) is 17.3 Å². The van der Waals surface area contributed by atoms with E-state index in [9.17, 15) is 4.39 Å². The van der Waals surface area contributed by atoms with Gasteiger partial charge in [-0.3, -0.25) is 0 Å². The fraction of sp³-hybridized carbons (Fsp3) is 0.111. The Balaban J connectivity index is 2.37. The summed E-state index contributed by atoms with van der Waals surface area (Å²) in [5, 5.41) is 9.86. The summed E-state index contributed by atoms with van der Waals surface area (Å²) in [5.41, 5.74) is 6.74. The topological polar surface area (TPSA) is 67.6 Å². The van der Waals surface area contributed by atoms with Gasteiger partial charge in [0, 0.05) is 5.56 Å². The number of nitrogens with zero attached hydrogens (tertiary/aromatic N) is 2. The van der Waals surface area contributed by atoms with Gasteiger partial charge in [-0.25, -0.2) is 4.39 Å². The zero-order valence-corrected chi connectivity index (χ0v) is 7.31. The molecule has 14 heavy (non-hydrogen) atoms. The number of halogens is 1. The summed E-state index contributed by atoms with van der Waals surface area (Å²) >= 11 is 0. The molecule has 3 N–H and O–H groups in total. The van der Waals surface area contributed by atoms with E-state index in [1.54, 1.807) is 18.2 Å². The largest absolute Gasteiger partial charge is 0.319 e. The highest BCUT2D eigenvalue weighted by Crippen LogP contribution is 2.19. The maximum Gasteiger partial charge on any atom is 0.128 e. The van der Waals surface area contributed by atoms with Crippen LogP contribution in [0.15, 0.2) is 30.5 Å². The Morgan fingerprint density at radius 2 is 2.14 bits per heavy atom. The van der Waals surface area contributed by atoms with Crippen molar-refractivity contribution in [1.29, 1.82) is 0 Å². The molecule has 2 rings (SSSR count). The van der Waals surface area contributed by atoms with E-state index in [1.165, 1.54) is 12.3 Å². The number of benzene rings is 1. The first-order valence-electron chi connectivity index (χ1n) is 4.14. The van der Waals surface area contributed by atoms with Crippen molar-refractivity contribution in [3.8, 4) is 0 Å². The van der Waals surface area contributed by atoms with E-state index in [1.807, 2.05) is 0 Å². The van der Waals surface area contributed by atoms with Crippen molar-refractivity contribution in [2.45, 2.75) is 6.04 Å². The second kappa shape index (κ2) is 3.55. The zero-order valence-electron chi connectivity index (χ0n) is 7.31. The summed E-state index contributed by atoms with van der Waals surface area (Å²) < 4.78 is 13.3. The predicted molar refractivity (Wildman–Crippen MR) is 48.8 cm³/mol. The molecule has 72 valence electrons. The highest BCUT2D eigenvalue weighted by Gasteiger charge is 2.14. The SMILES string of the molecule is NC(c1cn[nH]n1)c1ccccc1F. The summed E-state index contributed by atoms with van der Waals surface area (Å²) in [7, 11) is 0. The Morgan fingerprint density at radius 3 is 2.79 bits per heavy atom. The lowest BCUT2D eigenvalue weighted by Crippen LogP contribution is -2.13. The molecule has 0 saturated carbocycles. The number of hydrogen-bond acceptors (Lipinski definition) is 3. The molecule has 1 heterocycles. The standard InChI is InChI=1S/C9H9FN4/c10-7-4-2-1-3-6(7)9(11)8-5-12-14-13-8/h1-5,9H,11H2,(H,12,13,14). The molecule has 0 aliphatic heterocycles. The molecule has 0 spiro atoms. The molecule has 2 aromatic rings. The molecule has 0 radical (unpaired) electrons. The van der Waals surface area contributed by atoms with Gasteiger partial charge in [-0.05, 0) is 6.07 Å². The molecule has 0 bridgehead atoms. The van der Waals surface area contributed by atoms with Crippen molar-refractivity contribution in [2.24, 2.45) is 5.73 Å². The van der Waals surface area contributed by atoms with Crippen LogP contribution in [0.2, 0.25) is 0 Å². The lowest BCUT2D eigenvalue weighted by Gasteiger charge is -2.08. The van der Waals surface area contributed by atoms with Gasteiger partial charge < -0.3 is 5.73 Å². The molecule has 0 fully saturated rings. The van der Waals surface area contributed by atoms with Crippen LogP contribution in [0, 0.1) is 5.82 Å². The molecular weight excluding hydrogens is 183 g/mol. The van der Waals surface area contributed by atoms with Crippen LogP contribution < -0.4 is 5.73 Å². The molecule has 5 heteroatoms. The Bertz CT molecular complexity index is 413. The van der Waals surface area contributed by atoms with Gasteiger partial charge >= 0.3 is 0 Å². The second-order valence-electron chi connectivity index (χ2n) is 2.89. The Kier molecular flexibility index (Phi) is 2.24. The second-order valence-corrected chi connectivity index (χ2v) is 2.89. The smallest absolute Gasteiger partial charge is 0.128 e. The van der Waals surface area contributed by atoms with Gasteiger partial charge in [0.05, 0.1) is 12.2 Å². The summed E-state index contributed by atoms with van der Waals surface area (Å²) in [4.78, 5) is 0. The maximum atomic E-state index is 13.3. The third kappa shape index (κ3) is 1.49. The maximum absolute atomic E-state index is 13.3. The fourth-order valence-electron chi connectivity index (χ4n) is 1.25. The van der Waals surface area contributed by atoms with Crippen molar-refractivity contribution in [3.63, 3.8) is 0 Å². The lowest BCUT2D eigenvalue weighted by molar-refractivity contribution is 0.597. The summed E-state index contributed by atoms with van der Waals surface area (Å²) in [6.45, 7) is 0. The van der Waals surface area contributed by atoms with E-state index < -0.39 is 6.04 Å². The Labute approximate surface area is 79.9 Å². The van der Waals surface area contributed by atoms with Crippen molar-refractivity contribution >= 4 is 0 Å². The van der Waals surface area contributed by atoms with Gasteiger partial charge in [-0.15, -0.1) is 0 Å². The van der Waals surface area contributed by atoms with E-state index in [2.05, 4.69) is 15.4 Å². The van der Waals surface area contributed by atoms with E-state index in [0.717, 1.165) is 0 Å². The first kappa shape index (κ1) is 8.83. The number of nitrogens with two attached hydrogens (primary N) is 1. The highest BCUT2D eigenvalue weighted by molar-refractivity contribution is 5.26. The van der Waals surface area contributed by atoms with Crippen molar-refractivity contribution in [3.05, 3.63) is 47.5 Å². The number of aromatic amines is 1. The molecule has 0 amide bonds. The number of H-pyrrole nitrogens is 1. The monoisotopic (exact) mass is 192 g/mol. The van der Waals surface area contributed by atoms with E-state index in [0.29, 0.717) is 11.3 Å². The highest BCUT2D eigenvalue weighted by atomic mass is 19.1.